The summed E-state index contributed by atoms with van der Waals surface area (Å²) < 4.78 is 40.6. The van der Waals surface area contributed by atoms with E-state index in [4.69, 9.17) is 0 Å². The van der Waals surface area contributed by atoms with E-state index in [-0.39, 0.29) is 17.1 Å². The van der Waals surface area contributed by atoms with Gasteiger partial charge in [0.1, 0.15) is 11.4 Å². The summed E-state index contributed by atoms with van der Waals surface area (Å²) in [6, 6.07) is 12.9. The maximum absolute atomic E-state index is 12.2. The topological polar surface area (TPSA) is 81.5 Å². The highest BCUT2D eigenvalue weighted by Gasteiger charge is 2.36. The lowest BCUT2D eigenvalue weighted by molar-refractivity contribution is -0.274. The van der Waals surface area contributed by atoms with Crippen molar-refractivity contribution in [3.05, 3.63) is 65.7 Å². The second-order valence-corrected chi connectivity index (χ2v) is 5.65. The number of nitrogens with zero attached hydrogens (tertiary/aromatic N) is 3. The van der Waals surface area contributed by atoms with Gasteiger partial charge in [-0.1, -0.05) is 18.2 Å². The van der Waals surface area contributed by atoms with Gasteiger partial charge in [-0.25, -0.2) is 10.0 Å². The van der Waals surface area contributed by atoms with Crippen molar-refractivity contribution in [3.8, 4) is 5.75 Å². The molecule has 0 bridgehead atoms. The Kier molecular flexibility index (Phi) is 4.43. The van der Waals surface area contributed by atoms with Crippen LogP contribution in [0.1, 0.15) is 12.0 Å². The molecule has 137 valence electrons. The van der Waals surface area contributed by atoms with E-state index in [1.807, 2.05) is 24.3 Å². The Morgan fingerprint density at radius 2 is 1.65 bits per heavy atom. The number of fused-ring (bicyclic) bond motifs is 3. The largest absolute Gasteiger partial charge is 0.573 e. The molecule has 1 radical (unpaired) electrons. The number of hydrogen-bond donors (Lipinski definition) is 1. The molecule has 4 rings (SSSR count). The smallest absolute Gasteiger partial charge is 0.492 e. The molecular formula is C17H15F3N3O3. The Hall–Kier alpha value is -2.91. The first-order valence-electron chi connectivity index (χ1n) is 7.60. The summed E-state index contributed by atoms with van der Waals surface area (Å²) in [4.78, 5) is 0. The molecule has 6 nitrogen and oxygen atoms in total. The van der Waals surface area contributed by atoms with E-state index in [2.05, 4.69) is 10.3 Å². The molecule has 2 aromatic rings. The molecular weight excluding hydrogens is 351 g/mol. The summed E-state index contributed by atoms with van der Waals surface area (Å²) in [5, 5.41) is 13.4. The zero-order valence-electron chi connectivity index (χ0n) is 13.4. The fraction of sp³-hybridized carbons (Fsp3) is 0.176. The van der Waals surface area contributed by atoms with Crippen LogP contribution in [0, 0.1) is 0 Å². The molecule has 0 saturated carbocycles. The van der Waals surface area contributed by atoms with Gasteiger partial charge in [0.2, 0.25) is 5.88 Å². The Morgan fingerprint density at radius 1 is 0.962 bits per heavy atom. The van der Waals surface area contributed by atoms with Crippen LogP contribution in [-0.4, -0.2) is 16.9 Å². The number of para-hydroxylation sites is 1. The Balaban J connectivity index is 0.00000196. The van der Waals surface area contributed by atoms with Gasteiger partial charge in [0, 0.05) is 0 Å². The number of halogens is 3. The van der Waals surface area contributed by atoms with E-state index in [1.165, 1.54) is 29.3 Å². The highest BCUT2D eigenvalue weighted by Crippen LogP contribution is 2.38. The summed E-state index contributed by atoms with van der Waals surface area (Å²) in [5.41, 5.74) is 7.49. The van der Waals surface area contributed by atoms with Crippen LogP contribution in [0.4, 0.5) is 24.5 Å². The van der Waals surface area contributed by atoms with E-state index in [0.717, 1.165) is 17.7 Å². The normalized spacial score (nSPS) is 16.1. The van der Waals surface area contributed by atoms with Crippen molar-refractivity contribution in [1.82, 2.24) is 5.53 Å². The molecule has 0 spiro atoms. The molecule has 2 aliphatic heterocycles. The minimum atomic E-state index is -4.74. The molecule has 0 aromatic heterocycles. The summed E-state index contributed by atoms with van der Waals surface area (Å²) in [6.45, 7) is 0. The number of hydrogen-bond acceptors (Lipinski definition) is 4. The van der Waals surface area contributed by atoms with Gasteiger partial charge in [-0.2, -0.15) is 0 Å². The SMILES string of the molecule is O.OC1=C2CCc3ccccc3N2[N]N1c1ccc(OC(F)(F)F)cc1. The van der Waals surface area contributed by atoms with Gasteiger partial charge in [0.25, 0.3) is 0 Å². The predicted octanol–water partition coefficient (Wildman–Crippen LogP) is 3.19. The second-order valence-electron chi connectivity index (χ2n) is 5.65. The van der Waals surface area contributed by atoms with Crippen LogP contribution in [0.2, 0.25) is 0 Å². The molecule has 0 amide bonds. The highest BCUT2D eigenvalue weighted by molar-refractivity contribution is 5.65. The van der Waals surface area contributed by atoms with E-state index in [9.17, 15) is 18.3 Å². The van der Waals surface area contributed by atoms with Crippen LogP contribution in [0.3, 0.4) is 0 Å². The number of rotatable bonds is 2. The number of allylic oxidation sites excluding steroid dienone is 1. The molecule has 2 aliphatic rings. The third-order valence-corrected chi connectivity index (χ3v) is 4.06. The molecule has 3 N–H and O–H groups in total. The van der Waals surface area contributed by atoms with Crippen molar-refractivity contribution in [2.24, 2.45) is 0 Å². The molecule has 9 heteroatoms. The quantitative estimate of drug-likeness (QED) is 0.885. The number of aliphatic hydroxyl groups is 1. The van der Waals surface area contributed by atoms with Crippen molar-refractivity contribution < 1.29 is 28.5 Å². The maximum Gasteiger partial charge on any atom is 0.573 e. The van der Waals surface area contributed by atoms with Crippen molar-refractivity contribution >= 4 is 11.4 Å². The summed E-state index contributed by atoms with van der Waals surface area (Å²) in [5.74, 6) is -0.357. The highest BCUT2D eigenvalue weighted by atomic mass is 19.4. The van der Waals surface area contributed by atoms with Crippen LogP contribution < -0.4 is 20.3 Å². The first kappa shape index (κ1) is 17.9. The number of aliphatic hydroxyl groups excluding tert-OH is 1. The Labute approximate surface area is 147 Å². The number of anilines is 2. The van der Waals surface area contributed by atoms with Crippen LogP contribution >= 0.6 is 0 Å². The van der Waals surface area contributed by atoms with E-state index in [0.29, 0.717) is 17.8 Å². The standard InChI is InChI=1S/C17H13F3N3O2.H2O/c18-17(19,20)25-13-8-6-12(7-9-13)22-16(24)15-10-5-11-3-1-2-4-14(11)23(15)21-22;/h1-4,6-9,24H,5,10H2;1H2. The molecule has 0 fully saturated rings. The van der Waals surface area contributed by atoms with Crippen LogP contribution in [0.25, 0.3) is 0 Å². The molecule has 2 aromatic carbocycles. The van der Waals surface area contributed by atoms with Gasteiger partial charge in [0.05, 0.1) is 11.4 Å². The van der Waals surface area contributed by atoms with Gasteiger partial charge < -0.3 is 15.3 Å². The first-order chi connectivity index (χ1) is 11.9. The summed E-state index contributed by atoms with van der Waals surface area (Å²) >= 11 is 0. The van der Waals surface area contributed by atoms with Crippen molar-refractivity contribution in [2.75, 3.05) is 10.0 Å². The van der Waals surface area contributed by atoms with Crippen molar-refractivity contribution in [2.45, 2.75) is 19.2 Å². The van der Waals surface area contributed by atoms with Gasteiger partial charge in [-0.3, -0.25) is 0 Å². The number of alkyl halides is 3. The monoisotopic (exact) mass is 366 g/mol. The van der Waals surface area contributed by atoms with Gasteiger partial charge in [-0.15, -0.1) is 13.2 Å². The first-order valence-corrected chi connectivity index (χ1v) is 7.60. The van der Waals surface area contributed by atoms with Gasteiger partial charge in [-0.05, 0) is 54.3 Å². The number of ether oxygens (including phenoxy) is 1. The number of benzene rings is 2. The lowest BCUT2D eigenvalue weighted by Crippen LogP contribution is -2.36. The third kappa shape index (κ3) is 3.14. The lowest BCUT2D eigenvalue weighted by atomic mass is 10.0. The fourth-order valence-electron chi connectivity index (χ4n) is 2.96. The van der Waals surface area contributed by atoms with Crippen molar-refractivity contribution in [3.63, 3.8) is 0 Å². The van der Waals surface area contributed by atoms with Crippen LogP contribution in [0.15, 0.2) is 60.1 Å². The lowest BCUT2D eigenvalue weighted by Gasteiger charge is -2.27. The van der Waals surface area contributed by atoms with Gasteiger partial charge >= 0.3 is 6.36 Å². The van der Waals surface area contributed by atoms with E-state index in [1.54, 1.807) is 5.01 Å². The maximum atomic E-state index is 12.2. The molecule has 2 heterocycles. The minimum absolute atomic E-state index is 0. The molecule has 26 heavy (non-hydrogen) atoms. The zero-order valence-corrected chi connectivity index (χ0v) is 13.4. The van der Waals surface area contributed by atoms with Crippen molar-refractivity contribution in [1.29, 1.82) is 0 Å². The average Bonchev–Trinajstić information content (AvgIpc) is 2.92. The molecule has 0 atom stereocenters. The minimum Gasteiger partial charge on any atom is -0.492 e. The zero-order chi connectivity index (χ0) is 17.6. The molecule has 0 unspecified atom stereocenters. The average molecular weight is 366 g/mol. The second kappa shape index (κ2) is 6.43. The Bertz CT molecular complexity index is 837. The number of aryl methyl sites for hydroxylation is 1. The summed E-state index contributed by atoms with van der Waals surface area (Å²) in [7, 11) is 0. The van der Waals surface area contributed by atoms with E-state index < -0.39 is 6.36 Å². The predicted molar refractivity (Wildman–Crippen MR) is 88.2 cm³/mol. The van der Waals surface area contributed by atoms with Crippen LogP contribution in [-0.2, 0) is 6.42 Å². The third-order valence-electron chi connectivity index (χ3n) is 4.06. The van der Waals surface area contributed by atoms with Crippen LogP contribution in [0.5, 0.6) is 5.75 Å². The Morgan fingerprint density at radius 3 is 2.35 bits per heavy atom. The fourth-order valence-corrected chi connectivity index (χ4v) is 2.96. The molecule has 0 aliphatic carbocycles. The van der Waals surface area contributed by atoms with Gasteiger partial charge in [0.15, 0.2) is 0 Å². The summed E-state index contributed by atoms with van der Waals surface area (Å²) in [6.07, 6.45) is -3.33. The molecule has 0 saturated heterocycles. The van der Waals surface area contributed by atoms with E-state index >= 15 is 0 Å².